The van der Waals surface area contributed by atoms with Crippen LogP contribution in [0.15, 0.2) is 18.2 Å². The van der Waals surface area contributed by atoms with Crippen molar-refractivity contribution in [3.05, 3.63) is 28.8 Å². The highest BCUT2D eigenvalue weighted by molar-refractivity contribution is 6.33. The van der Waals surface area contributed by atoms with Gasteiger partial charge in [-0.05, 0) is 31.5 Å². The summed E-state index contributed by atoms with van der Waals surface area (Å²) < 4.78 is 0. The number of nitrogens with one attached hydrogen (secondary N) is 1. The third-order valence-electron chi connectivity index (χ3n) is 3.02. The van der Waals surface area contributed by atoms with E-state index in [9.17, 15) is 9.59 Å². The zero-order valence-corrected chi connectivity index (χ0v) is 11.9. The number of nitrogens with zero attached hydrogens (tertiary/aromatic N) is 1. The van der Waals surface area contributed by atoms with Crippen molar-refractivity contribution in [3.8, 4) is 0 Å². The van der Waals surface area contributed by atoms with Gasteiger partial charge in [0.15, 0.2) is 0 Å². The first-order valence-electron chi connectivity index (χ1n) is 5.93. The van der Waals surface area contributed by atoms with Crippen molar-refractivity contribution in [2.24, 2.45) is 0 Å². The number of carboxylic acids is 1. The van der Waals surface area contributed by atoms with E-state index in [0.29, 0.717) is 5.69 Å². The second kappa shape index (κ2) is 6.43. The average molecular weight is 285 g/mol. The van der Waals surface area contributed by atoms with Crippen LogP contribution in [0.25, 0.3) is 0 Å². The summed E-state index contributed by atoms with van der Waals surface area (Å²) in [5.74, 6) is -1.13. The number of aromatic carboxylic acids is 1. The molecule has 0 saturated heterocycles. The van der Waals surface area contributed by atoms with Gasteiger partial charge in [-0.25, -0.2) is 9.59 Å². The summed E-state index contributed by atoms with van der Waals surface area (Å²) in [7, 11) is 1.69. The van der Waals surface area contributed by atoms with E-state index in [0.717, 1.165) is 6.42 Å². The molecular weight excluding hydrogens is 268 g/mol. The number of carbonyl (C=O) groups is 2. The molecule has 0 fully saturated rings. The summed E-state index contributed by atoms with van der Waals surface area (Å²) in [5, 5.41) is 11.7. The predicted molar refractivity (Wildman–Crippen MR) is 74.9 cm³/mol. The Labute approximate surface area is 117 Å². The van der Waals surface area contributed by atoms with Gasteiger partial charge in [0.05, 0.1) is 10.6 Å². The van der Waals surface area contributed by atoms with Gasteiger partial charge in [-0.3, -0.25) is 0 Å². The molecule has 19 heavy (non-hydrogen) atoms. The molecular formula is C13H17ClN2O3. The summed E-state index contributed by atoms with van der Waals surface area (Å²) in [6.07, 6.45) is 0.838. The molecule has 1 unspecified atom stereocenters. The van der Waals surface area contributed by atoms with Gasteiger partial charge >= 0.3 is 12.0 Å². The van der Waals surface area contributed by atoms with Crippen LogP contribution in [0.4, 0.5) is 10.5 Å². The number of rotatable bonds is 4. The number of hydrogen-bond acceptors (Lipinski definition) is 2. The van der Waals surface area contributed by atoms with E-state index in [2.05, 4.69) is 5.32 Å². The minimum Gasteiger partial charge on any atom is -0.478 e. The van der Waals surface area contributed by atoms with Crippen molar-refractivity contribution in [2.45, 2.75) is 26.3 Å². The van der Waals surface area contributed by atoms with Crippen LogP contribution >= 0.6 is 11.6 Å². The van der Waals surface area contributed by atoms with Gasteiger partial charge < -0.3 is 15.3 Å². The number of carbonyl (C=O) groups excluding carboxylic acids is 1. The van der Waals surface area contributed by atoms with Crippen molar-refractivity contribution in [1.82, 2.24) is 4.90 Å². The molecule has 1 rings (SSSR count). The van der Waals surface area contributed by atoms with E-state index in [1.807, 2.05) is 13.8 Å². The second-order valence-electron chi connectivity index (χ2n) is 4.30. The molecule has 2 amide bonds. The Balaban J connectivity index is 2.86. The van der Waals surface area contributed by atoms with Crippen LogP contribution in [0.3, 0.4) is 0 Å². The molecule has 0 aliphatic rings. The minimum absolute atomic E-state index is 0.0364. The fourth-order valence-corrected chi connectivity index (χ4v) is 1.65. The Morgan fingerprint density at radius 1 is 1.47 bits per heavy atom. The van der Waals surface area contributed by atoms with Gasteiger partial charge in [-0.15, -0.1) is 0 Å². The average Bonchev–Trinajstić information content (AvgIpc) is 2.38. The lowest BCUT2D eigenvalue weighted by Gasteiger charge is -2.24. The maximum Gasteiger partial charge on any atom is 0.337 e. The van der Waals surface area contributed by atoms with Gasteiger partial charge in [0.1, 0.15) is 0 Å². The molecule has 0 spiro atoms. The summed E-state index contributed by atoms with van der Waals surface area (Å²) in [4.78, 5) is 24.4. The number of urea groups is 1. The number of halogens is 1. The van der Waals surface area contributed by atoms with Crippen LogP contribution in [-0.4, -0.2) is 35.1 Å². The van der Waals surface area contributed by atoms with E-state index in [1.165, 1.54) is 12.1 Å². The van der Waals surface area contributed by atoms with E-state index in [4.69, 9.17) is 16.7 Å². The molecule has 1 aromatic carbocycles. The SMILES string of the molecule is CCC(C)N(C)C(=O)Nc1ccc(Cl)c(C(=O)O)c1. The molecule has 0 saturated carbocycles. The number of carboxylic acid groups (broad SMARTS) is 1. The van der Waals surface area contributed by atoms with Crippen molar-refractivity contribution < 1.29 is 14.7 Å². The normalized spacial score (nSPS) is 11.8. The van der Waals surface area contributed by atoms with Crippen molar-refractivity contribution in [3.63, 3.8) is 0 Å². The van der Waals surface area contributed by atoms with Crippen LogP contribution in [0.2, 0.25) is 5.02 Å². The number of benzene rings is 1. The third-order valence-corrected chi connectivity index (χ3v) is 3.35. The Bertz CT molecular complexity index is 491. The van der Waals surface area contributed by atoms with E-state index in [-0.39, 0.29) is 22.7 Å². The lowest BCUT2D eigenvalue weighted by atomic mass is 10.2. The maximum atomic E-state index is 11.9. The fraction of sp³-hybridized carbons (Fsp3) is 0.385. The number of hydrogen-bond donors (Lipinski definition) is 2. The highest BCUT2D eigenvalue weighted by Crippen LogP contribution is 2.21. The molecule has 104 valence electrons. The van der Waals surface area contributed by atoms with Gasteiger partial charge in [0, 0.05) is 18.8 Å². The molecule has 0 bridgehead atoms. The fourth-order valence-electron chi connectivity index (χ4n) is 1.45. The molecule has 6 heteroatoms. The first-order valence-corrected chi connectivity index (χ1v) is 6.31. The van der Waals surface area contributed by atoms with E-state index < -0.39 is 5.97 Å². The summed E-state index contributed by atoms with van der Waals surface area (Å²) in [6, 6.07) is 4.17. The Kier molecular flexibility index (Phi) is 5.18. The number of anilines is 1. The Hall–Kier alpha value is -1.75. The summed E-state index contributed by atoms with van der Waals surface area (Å²) >= 11 is 5.76. The maximum absolute atomic E-state index is 11.9. The number of amides is 2. The van der Waals surface area contributed by atoms with Crippen molar-refractivity contribution >= 4 is 29.3 Å². The molecule has 5 nitrogen and oxygen atoms in total. The molecule has 0 aliphatic heterocycles. The van der Waals surface area contributed by atoms with Crippen LogP contribution in [-0.2, 0) is 0 Å². The standard InChI is InChI=1S/C13H17ClN2O3/c1-4-8(2)16(3)13(19)15-9-5-6-11(14)10(7-9)12(17)18/h5-8H,4H2,1-3H3,(H,15,19)(H,17,18). The largest absolute Gasteiger partial charge is 0.478 e. The summed E-state index contributed by atoms with van der Waals surface area (Å²) in [5.41, 5.74) is 0.368. The van der Waals surface area contributed by atoms with Crippen molar-refractivity contribution in [2.75, 3.05) is 12.4 Å². The van der Waals surface area contributed by atoms with Crippen LogP contribution < -0.4 is 5.32 Å². The smallest absolute Gasteiger partial charge is 0.337 e. The topological polar surface area (TPSA) is 69.6 Å². The monoisotopic (exact) mass is 284 g/mol. The first-order chi connectivity index (χ1) is 8.86. The van der Waals surface area contributed by atoms with Crippen LogP contribution in [0, 0.1) is 0 Å². The van der Waals surface area contributed by atoms with Gasteiger partial charge in [0.25, 0.3) is 0 Å². The molecule has 1 atom stereocenters. The zero-order chi connectivity index (χ0) is 14.6. The van der Waals surface area contributed by atoms with Gasteiger partial charge in [-0.1, -0.05) is 18.5 Å². The second-order valence-corrected chi connectivity index (χ2v) is 4.71. The summed E-state index contributed by atoms with van der Waals surface area (Å²) in [6.45, 7) is 3.92. The lowest BCUT2D eigenvalue weighted by molar-refractivity contribution is 0.0697. The van der Waals surface area contributed by atoms with Gasteiger partial charge in [-0.2, -0.15) is 0 Å². The highest BCUT2D eigenvalue weighted by Gasteiger charge is 2.15. The lowest BCUT2D eigenvalue weighted by Crippen LogP contribution is -2.37. The molecule has 1 aromatic rings. The molecule has 0 radical (unpaired) electrons. The zero-order valence-electron chi connectivity index (χ0n) is 11.1. The highest BCUT2D eigenvalue weighted by atomic mass is 35.5. The van der Waals surface area contributed by atoms with E-state index >= 15 is 0 Å². The molecule has 2 N–H and O–H groups in total. The Morgan fingerprint density at radius 3 is 2.63 bits per heavy atom. The first kappa shape index (κ1) is 15.3. The van der Waals surface area contributed by atoms with E-state index in [1.54, 1.807) is 18.0 Å². The minimum atomic E-state index is -1.13. The molecule has 0 aliphatic carbocycles. The van der Waals surface area contributed by atoms with Crippen LogP contribution in [0.1, 0.15) is 30.6 Å². The van der Waals surface area contributed by atoms with Crippen LogP contribution in [0.5, 0.6) is 0 Å². The molecule has 0 heterocycles. The van der Waals surface area contributed by atoms with Gasteiger partial charge in [0.2, 0.25) is 0 Å². The molecule has 0 aromatic heterocycles. The Morgan fingerprint density at radius 2 is 2.11 bits per heavy atom. The third kappa shape index (κ3) is 3.86. The quantitative estimate of drug-likeness (QED) is 0.891. The predicted octanol–water partition coefficient (Wildman–Crippen LogP) is 3.30. The van der Waals surface area contributed by atoms with Crippen molar-refractivity contribution in [1.29, 1.82) is 0 Å².